The van der Waals surface area contributed by atoms with Crippen molar-refractivity contribution in [3.8, 4) is 0 Å². The van der Waals surface area contributed by atoms with Gasteiger partial charge in [-0.2, -0.15) is 0 Å². The maximum atomic E-state index is 13.7. The van der Waals surface area contributed by atoms with Gasteiger partial charge in [-0.25, -0.2) is 17.5 Å². The Morgan fingerprint density at radius 1 is 1.12 bits per heavy atom. The van der Waals surface area contributed by atoms with Gasteiger partial charge in [0, 0.05) is 6.04 Å². The number of carbonyl (C=O) groups excluding carboxylic acids is 1. The largest absolute Gasteiger partial charge is 0.319 e. The Bertz CT molecular complexity index is 918. The van der Waals surface area contributed by atoms with Gasteiger partial charge in [-0.05, 0) is 38.1 Å². The molecule has 0 heterocycles. The molecule has 0 aliphatic heterocycles. The van der Waals surface area contributed by atoms with Crippen LogP contribution in [0, 0.1) is 5.82 Å². The quantitative estimate of drug-likeness (QED) is 0.788. The molecule has 2 aromatic rings. The highest BCUT2D eigenvalue weighted by Crippen LogP contribution is 2.29. The number of para-hydroxylation sites is 1. The molecule has 0 bridgehead atoms. The minimum absolute atomic E-state index is 0.0526. The number of amides is 1. The van der Waals surface area contributed by atoms with Crippen LogP contribution in [0.3, 0.4) is 0 Å². The standard InChI is InChI=1S/C16H15Cl2FN2O3S/c1-9(2)21-25(23,24)15-7-10(11(17)8-12(15)18)16(22)20-14-6-4-3-5-13(14)19/h3-9,21H,1-2H3,(H,20,22). The lowest BCUT2D eigenvalue weighted by molar-refractivity contribution is 0.102. The molecular weight excluding hydrogens is 390 g/mol. The van der Waals surface area contributed by atoms with Crippen LogP contribution in [0.4, 0.5) is 10.1 Å². The predicted molar refractivity (Wildman–Crippen MR) is 96.3 cm³/mol. The molecule has 0 saturated heterocycles. The van der Waals surface area contributed by atoms with Crippen molar-refractivity contribution in [1.29, 1.82) is 0 Å². The van der Waals surface area contributed by atoms with Crippen LogP contribution in [0.1, 0.15) is 24.2 Å². The number of rotatable bonds is 5. The van der Waals surface area contributed by atoms with Gasteiger partial charge >= 0.3 is 0 Å². The van der Waals surface area contributed by atoms with Gasteiger partial charge in [-0.15, -0.1) is 0 Å². The molecule has 2 N–H and O–H groups in total. The normalized spacial score (nSPS) is 11.6. The molecule has 0 aromatic heterocycles. The zero-order valence-corrected chi connectivity index (χ0v) is 15.6. The van der Waals surface area contributed by atoms with Crippen molar-refractivity contribution in [3.05, 3.63) is 57.8 Å². The maximum Gasteiger partial charge on any atom is 0.257 e. The van der Waals surface area contributed by atoms with E-state index in [1.807, 2.05) is 0 Å². The number of hydrogen-bond donors (Lipinski definition) is 2. The first-order chi connectivity index (χ1) is 11.6. The molecule has 0 saturated carbocycles. The highest BCUT2D eigenvalue weighted by atomic mass is 35.5. The van der Waals surface area contributed by atoms with Crippen molar-refractivity contribution in [2.24, 2.45) is 0 Å². The molecule has 2 aromatic carbocycles. The summed E-state index contributed by atoms with van der Waals surface area (Å²) in [6, 6.07) is 7.43. The minimum Gasteiger partial charge on any atom is -0.319 e. The van der Waals surface area contributed by atoms with Crippen molar-refractivity contribution in [2.45, 2.75) is 24.8 Å². The van der Waals surface area contributed by atoms with E-state index in [1.165, 1.54) is 18.2 Å². The number of carbonyl (C=O) groups is 1. The lowest BCUT2D eigenvalue weighted by Gasteiger charge is -2.13. The molecule has 1 amide bonds. The second kappa shape index (κ2) is 7.70. The molecule has 2 rings (SSSR count). The van der Waals surface area contributed by atoms with Gasteiger partial charge in [0.15, 0.2) is 0 Å². The smallest absolute Gasteiger partial charge is 0.257 e. The van der Waals surface area contributed by atoms with E-state index >= 15 is 0 Å². The zero-order valence-electron chi connectivity index (χ0n) is 13.3. The summed E-state index contributed by atoms with van der Waals surface area (Å²) >= 11 is 12.0. The summed E-state index contributed by atoms with van der Waals surface area (Å²) in [5.74, 6) is -1.39. The van der Waals surface area contributed by atoms with E-state index in [4.69, 9.17) is 23.2 Å². The summed E-state index contributed by atoms with van der Waals surface area (Å²) in [5.41, 5.74) is -0.193. The van der Waals surface area contributed by atoms with Crippen molar-refractivity contribution in [1.82, 2.24) is 4.72 Å². The Balaban J connectivity index is 2.43. The summed E-state index contributed by atoms with van der Waals surface area (Å²) in [4.78, 5) is 12.1. The van der Waals surface area contributed by atoms with Gasteiger partial charge in [0.2, 0.25) is 10.0 Å². The fraction of sp³-hybridized carbons (Fsp3) is 0.188. The fourth-order valence-electron chi connectivity index (χ4n) is 2.04. The third-order valence-electron chi connectivity index (χ3n) is 3.07. The van der Waals surface area contributed by atoms with E-state index in [1.54, 1.807) is 19.9 Å². The molecule has 0 spiro atoms. The highest BCUT2D eigenvalue weighted by molar-refractivity contribution is 7.89. The number of halogens is 3. The Hall–Kier alpha value is -1.67. The third kappa shape index (κ3) is 4.70. The van der Waals surface area contributed by atoms with Gasteiger partial charge in [0.1, 0.15) is 10.7 Å². The molecule has 0 radical (unpaired) electrons. The van der Waals surface area contributed by atoms with Crippen LogP contribution < -0.4 is 10.0 Å². The van der Waals surface area contributed by atoms with Gasteiger partial charge in [-0.3, -0.25) is 4.79 Å². The van der Waals surface area contributed by atoms with E-state index < -0.39 is 21.7 Å². The summed E-state index contributed by atoms with van der Waals surface area (Å²) in [5, 5.41) is 2.17. The summed E-state index contributed by atoms with van der Waals surface area (Å²) < 4.78 is 40.7. The van der Waals surface area contributed by atoms with Gasteiger partial charge in [0.25, 0.3) is 5.91 Å². The molecule has 0 atom stereocenters. The first-order valence-electron chi connectivity index (χ1n) is 7.19. The average molecular weight is 405 g/mol. The molecule has 5 nitrogen and oxygen atoms in total. The van der Waals surface area contributed by atoms with Crippen LogP contribution >= 0.6 is 23.2 Å². The van der Waals surface area contributed by atoms with Crippen LogP contribution in [-0.2, 0) is 10.0 Å². The van der Waals surface area contributed by atoms with Crippen molar-refractivity contribution >= 4 is 44.8 Å². The van der Waals surface area contributed by atoms with E-state index in [2.05, 4.69) is 10.0 Å². The number of benzene rings is 2. The molecule has 9 heteroatoms. The Kier molecular flexibility index (Phi) is 6.05. The Morgan fingerprint density at radius 2 is 1.76 bits per heavy atom. The number of hydrogen-bond acceptors (Lipinski definition) is 3. The van der Waals surface area contributed by atoms with Crippen molar-refractivity contribution < 1.29 is 17.6 Å². The molecule has 0 fully saturated rings. The van der Waals surface area contributed by atoms with Crippen LogP contribution in [0.5, 0.6) is 0 Å². The van der Waals surface area contributed by atoms with E-state index in [0.717, 1.165) is 12.1 Å². The monoisotopic (exact) mass is 404 g/mol. The number of anilines is 1. The summed E-state index contributed by atoms with van der Waals surface area (Å²) in [6.45, 7) is 3.29. The summed E-state index contributed by atoms with van der Waals surface area (Å²) in [6.07, 6.45) is 0. The van der Waals surface area contributed by atoms with Crippen LogP contribution in [0.25, 0.3) is 0 Å². The Morgan fingerprint density at radius 3 is 2.36 bits per heavy atom. The minimum atomic E-state index is -3.94. The highest BCUT2D eigenvalue weighted by Gasteiger charge is 2.23. The predicted octanol–water partition coefficient (Wildman–Crippen LogP) is 4.07. The first-order valence-corrected chi connectivity index (χ1v) is 9.43. The zero-order chi connectivity index (χ0) is 18.8. The molecule has 134 valence electrons. The summed E-state index contributed by atoms with van der Waals surface area (Å²) in [7, 11) is -3.94. The average Bonchev–Trinajstić information content (AvgIpc) is 2.47. The first kappa shape index (κ1) is 19.7. The van der Waals surface area contributed by atoms with Crippen molar-refractivity contribution in [2.75, 3.05) is 5.32 Å². The van der Waals surface area contributed by atoms with Crippen LogP contribution in [0.15, 0.2) is 41.3 Å². The number of sulfonamides is 1. The van der Waals surface area contributed by atoms with Gasteiger partial charge in [0.05, 0.1) is 21.3 Å². The second-order valence-corrected chi connectivity index (χ2v) is 7.97. The van der Waals surface area contributed by atoms with Crippen LogP contribution in [-0.4, -0.2) is 20.4 Å². The van der Waals surface area contributed by atoms with Crippen molar-refractivity contribution in [3.63, 3.8) is 0 Å². The molecule has 0 aliphatic rings. The van der Waals surface area contributed by atoms with Gasteiger partial charge < -0.3 is 5.32 Å². The van der Waals surface area contributed by atoms with E-state index in [9.17, 15) is 17.6 Å². The fourth-order valence-corrected chi connectivity index (χ4v) is 4.14. The maximum absolute atomic E-state index is 13.7. The SMILES string of the molecule is CC(C)NS(=O)(=O)c1cc(C(=O)Nc2ccccc2F)c(Cl)cc1Cl. The number of nitrogens with one attached hydrogen (secondary N) is 2. The lowest BCUT2D eigenvalue weighted by atomic mass is 10.2. The molecule has 25 heavy (non-hydrogen) atoms. The Labute approximate surface area is 155 Å². The van der Waals surface area contributed by atoms with Crippen LogP contribution in [0.2, 0.25) is 10.0 Å². The van der Waals surface area contributed by atoms with E-state index in [-0.39, 0.29) is 32.2 Å². The molecular formula is C16H15Cl2FN2O3S. The van der Waals surface area contributed by atoms with E-state index in [0.29, 0.717) is 0 Å². The lowest BCUT2D eigenvalue weighted by Crippen LogP contribution is -2.30. The molecule has 0 aliphatic carbocycles. The third-order valence-corrected chi connectivity index (χ3v) is 5.50. The van der Waals surface area contributed by atoms with Gasteiger partial charge in [-0.1, -0.05) is 35.3 Å². The second-order valence-electron chi connectivity index (χ2n) is 5.47. The molecule has 0 unspecified atom stereocenters. The topological polar surface area (TPSA) is 75.3 Å².